The second-order valence-corrected chi connectivity index (χ2v) is 6.42. The van der Waals surface area contributed by atoms with Crippen LogP contribution in [0, 0.1) is 11.3 Å². The van der Waals surface area contributed by atoms with Crippen molar-refractivity contribution >= 4 is 5.69 Å². The van der Waals surface area contributed by atoms with Crippen LogP contribution in [0.15, 0.2) is 60.7 Å². The van der Waals surface area contributed by atoms with Crippen LogP contribution < -0.4 is 10.2 Å². The highest BCUT2D eigenvalue weighted by atomic mass is 15.1. The van der Waals surface area contributed by atoms with E-state index in [1.165, 1.54) is 11.3 Å². The van der Waals surface area contributed by atoms with Crippen molar-refractivity contribution < 1.29 is 0 Å². The summed E-state index contributed by atoms with van der Waals surface area (Å²) in [6, 6.07) is 24.3. The first-order chi connectivity index (χ1) is 11.9. The molecule has 0 saturated carbocycles. The molecule has 0 spiro atoms. The van der Waals surface area contributed by atoms with E-state index in [-0.39, 0.29) is 6.04 Å². The predicted molar refractivity (Wildman–Crippen MR) is 98.8 cm³/mol. The highest BCUT2D eigenvalue weighted by Crippen LogP contribution is 2.24. The molecule has 0 aliphatic carbocycles. The van der Waals surface area contributed by atoms with Crippen LogP contribution in [0.1, 0.15) is 37.3 Å². The lowest BCUT2D eigenvalue weighted by molar-refractivity contribution is 0.360. The Labute approximate surface area is 144 Å². The van der Waals surface area contributed by atoms with Crippen molar-refractivity contribution in [2.24, 2.45) is 0 Å². The number of rotatable bonds is 6. The zero-order valence-electron chi connectivity index (χ0n) is 14.1. The predicted octanol–water partition coefficient (Wildman–Crippen LogP) is 4.29. The largest absolute Gasteiger partial charge is 0.371 e. The van der Waals surface area contributed by atoms with Crippen LogP contribution in [0.3, 0.4) is 0 Å². The summed E-state index contributed by atoms with van der Waals surface area (Å²) in [4.78, 5) is 2.46. The zero-order valence-corrected chi connectivity index (χ0v) is 14.1. The van der Waals surface area contributed by atoms with Crippen molar-refractivity contribution in [1.29, 1.82) is 5.26 Å². The summed E-state index contributed by atoms with van der Waals surface area (Å²) in [7, 11) is 0. The van der Waals surface area contributed by atoms with Crippen LogP contribution in [0.25, 0.3) is 0 Å². The van der Waals surface area contributed by atoms with E-state index in [9.17, 15) is 0 Å². The van der Waals surface area contributed by atoms with Gasteiger partial charge in [-0.3, -0.25) is 0 Å². The minimum Gasteiger partial charge on any atom is -0.371 e. The number of hydrogen-bond donors (Lipinski definition) is 1. The van der Waals surface area contributed by atoms with Gasteiger partial charge in [0.2, 0.25) is 0 Å². The Balaban J connectivity index is 1.58. The van der Waals surface area contributed by atoms with Crippen LogP contribution in [0.2, 0.25) is 0 Å². The SMILES string of the molecule is N#CCC[C@@H](NC1CCN(c2ccccc2)CC1)c1ccccc1. The van der Waals surface area contributed by atoms with Gasteiger partial charge in [-0.15, -0.1) is 0 Å². The summed E-state index contributed by atoms with van der Waals surface area (Å²) in [6.45, 7) is 2.17. The average molecular weight is 319 g/mol. The highest BCUT2D eigenvalue weighted by molar-refractivity contribution is 5.46. The Hall–Kier alpha value is -2.31. The van der Waals surface area contributed by atoms with Gasteiger partial charge in [-0.1, -0.05) is 48.5 Å². The number of anilines is 1. The molecule has 0 bridgehead atoms. The van der Waals surface area contributed by atoms with Crippen molar-refractivity contribution in [3.8, 4) is 6.07 Å². The number of nitrogens with one attached hydrogen (secondary N) is 1. The first kappa shape index (κ1) is 16.5. The standard InChI is InChI=1S/C21H25N3/c22-15-7-12-21(18-8-3-1-4-9-18)23-19-13-16-24(17-14-19)20-10-5-2-6-11-20/h1-6,8-11,19,21,23H,7,12-14,16-17H2/t21-/m1/s1. The van der Waals surface area contributed by atoms with Crippen LogP contribution in [0.4, 0.5) is 5.69 Å². The minimum absolute atomic E-state index is 0.277. The van der Waals surface area contributed by atoms with Crippen molar-refractivity contribution in [3.05, 3.63) is 66.2 Å². The number of nitriles is 1. The lowest BCUT2D eigenvalue weighted by Gasteiger charge is -2.36. The smallest absolute Gasteiger partial charge is 0.0622 e. The van der Waals surface area contributed by atoms with Gasteiger partial charge in [0.05, 0.1) is 6.07 Å². The molecule has 3 heteroatoms. The summed E-state index contributed by atoms with van der Waals surface area (Å²) in [5.74, 6) is 0. The van der Waals surface area contributed by atoms with Crippen LogP contribution >= 0.6 is 0 Å². The molecule has 2 aromatic rings. The third kappa shape index (κ3) is 4.37. The highest BCUT2D eigenvalue weighted by Gasteiger charge is 2.22. The van der Waals surface area contributed by atoms with E-state index in [4.69, 9.17) is 5.26 Å². The summed E-state index contributed by atoms with van der Waals surface area (Å²) in [5, 5.41) is 12.7. The number of piperidine rings is 1. The van der Waals surface area contributed by atoms with Gasteiger partial charge >= 0.3 is 0 Å². The van der Waals surface area contributed by atoms with Gasteiger partial charge < -0.3 is 10.2 Å². The van der Waals surface area contributed by atoms with E-state index in [1.807, 2.05) is 6.07 Å². The summed E-state index contributed by atoms with van der Waals surface area (Å²) < 4.78 is 0. The second kappa shape index (κ2) is 8.52. The Morgan fingerprint density at radius 2 is 1.62 bits per heavy atom. The Morgan fingerprint density at radius 3 is 2.25 bits per heavy atom. The molecule has 24 heavy (non-hydrogen) atoms. The Kier molecular flexibility index (Phi) is 5.87. The maximum Gasteiger partial charge on any atom is 0.0622 e. The molecule has 1 fully saturated rings. The van der Waals surface area contributed by atoms with Crippen LogP contribution in [-0.4, -0.2) is 19.1 Å². The first-order valence-electron chi connectivity index (χ1n) is 8.85. The van der Waals surface area contributed by atoms with Gasteiger partial charge in [0.25, 0.3) is 0 Å². The van der Waals surface area contributed by atoms with E-state index in [0.29, 0.717) is 12.5 Å². The van der Waals surface area contributed by atoms with Crippen molar-refractivity contribution in [3.63, 3.8) is 0 Å². The van der Waals surface area contributed by atoms with E-state index < -0.39 is 0 Å². The number of hydrogen-bond acceptors (Lipinski definition) is 3. The second-order valence-electron chi connectivity index (χ2n) is 6.42. The fourth-order valence-corrected chi connectivity index (χ4v) is 3.47. The molecule has 3 nitrogen and oxygen atoms in total. The van der Waals surface area contributed by atoms with Crippen LogP contribution in [0.5, 0.6) is 0 Å². The average Bonchev–Trinajstić information content (AvgIpc) is 2.67. The normalized spacial score (nSPS) is 16.5. The van der Waals surface area contributed by atoms with E-state index in [0.717, 1.165) is 32.4 Å². The van der Waals surface area contributed by atoms with E-state index in [2.05, 4.69) is 70.9 Å². The van der Waals surface area contributed by atoms with Crippen molar-refractivity contribution in [2.45, 2.75) is 37.8 Å². The van der Waals surface area contributed by atoms with Gasteiger partial charge in [0.15, 0.2) is 0 Å². The topological polar surface area (TPSA) is 39.1 Å². The fourth-order valence-electron chi connectivity index (χ4n) is 3.47. The van der Waals surface area contributed by atoms with E-state index >= 15 is 0 Å². The molecule has 0 amide bonds. The summed E-state index contributed by atoms with van der Waals surface area (Å²) in [5.41, 5.74) is 2.61. The summed E-state index contributed by atoms with van der Waals surface area (Å²) >= 11 is 0. The fraction of sp³-hybridized carbons (Fsp3) is 0.381. The molecule has 1 aliphatic heterocycles. The van der Waals surface area contributed by atoms with Gasteiger partial charge in [-0.05, 0) is 37.0 Å². The van der Waals surface area contributed by atoms with Gasteiger partial charge in [0.1, 0.15) is 0 Å². The van der Waals surface area contributed by atoms with Gasteiger partial charge in [-0.25, -0.2) is 0 Å². The molecule has 1 aliphatic rings. The minimum atomic E-state index is 0.277. The molecular formula is C21H25N3. The maximum absolute atomic E-state index is 8.94. The lowest BCUT2D eigenvalue weighted by atomic mass is 9.98. The molecule has 2 aromatic carbocycles. The number of nitrogens with zero attached hydrogens (tertiary/aromatic N) is 2. The van der Waals surface area contributed by atoms with Crippen LogP contribution in [-0.2, 0) is 0 Å². The molecular weight excluding hydrogens is 294 g/mol. The molecule has 124 valence electrons. The van der Waals surface area contributed by atoms with Gasteiger partial charge in [-0.2, -0.15) is 5.26 Å². The molecule has 1 saturated heterocycles. The maximum atomic E-state index is 8.94. The number of para-hydroxylation sites is 1. The number of benzene rings is 2. The summed E-state index contributed by atoms with van der Waals surface area (Å²) in [6.07, 6.45) is 3.75. The zero-order chi connectivity index (χ0) is 16.6. The van der Waals surface area contributed by atoms with Crippen molar-refractivity contribution in [2.75, 3.05) is 18.0 Å². The molecule has 0 radical (unpaired) electrons. The monoisotopic (exact) mass is 319 g/mol. The van der Waals surface area contributed by atoms with Gasteiger partial charge in [0, 0.05) is 37.3 Å². The third-order valence-corrected chi connectivity index (χ3v) is 4.80. The molecule has 1 heterocycles. The molecule has 0 unspecified atom stereocenters. The van der Waals surface area contributed by atoms with Crippen molar-refractivity contribution in [1.82, 2.24) is 5.32 Å². The molecule has 1 atom stereocenters. The molecule has 0 aromatic heterocycles. The quantitative estimate of drug-likeness (QED) is 0.863. The molecule has 3 rings (SSSR count). The Morgan fingerprint density at radius 1 is 1.00 bits per heavy atom. The molecule has 1 N–H and O–H groups in total. The third-order valence-electron chi connectivity index (χ3n) is 4.80. The first-order valence-corrected chi connectivity index (χ1v) is 8.85. The van der Waals surface area contributed by atoms with E-state index in [1.54, 1.807) is 0 Å². The Bertz CT molecular complexity index is 640. The lowest BCUT2D eigenvalue weighted by Crippen LogP contribution is -2.43.